The number of hydrogen-bond donors (Lipinski definition) is 1. The first-order valence-corrected chi connectivity index (χ1v) is 11.5. The van der Waals surface area contributed by atoms with Crippen LogP contribution in [-0.4, -0.2) is 17.0 Å². The zero-order chi connectivity index (χ0) is 18.7. The van der Waals surface area contributed by atoms with Crippen molar-refractivity contribution in [3.05, 3.63) is 0 Å². The third kappa shape index (κ3) is 2.57. The van der Waals surface area contributed by atoms with Crippen LogP contribution in [0.5, 0.6) is 0 Å². The van der Waals surface area contributed by atoms with Crippen LogP contribution in [0.3, 0.4) is 0 Å². The molecule has 2 unspecified atom stereocenters. The van der Waals surface area contributed by atoms with Crippen LogP contribution in [0.25, 0.3) is 0 Å². The van der Waals surface area contributed by atoms with Gasteiger partial charge < -0.3 is 5.11 Å². The Morgan fingerprint density at radius 1 is 1.12 bits per heavy atom. The van der Waals surface area contributed by atoms with Gasteiger partial charge in [-0.25, -0.2) is 0 Å². The van der Waals surface area contributed by atoms with E-state index in [0.717, 1.165) is 31.6 Å². The topological polar surface area (TPSA) is 37.3 Å². The van der Waals surface area contributed by atoms with Gasteiger partial charge in [-0.15, -0.1) is 0 Å². The normalized spacial score (nSPS) is 52.1. The zero-order valence-corrected chi connectivity index (χ0v) is 17.5. The molecule has 0 amide bonds. The van der Waals surface area contributed by atoms with Gasteiger partial charge in [-0.3, -0.25) is 4.79 Å². The van der Waals surface area contributed by atoms with E-state index in [-0.39, 0.29) is 11.5 Å². The van der Waals surface area contributed by atoms with Gasteiger partial charge in [-0.05, 0) is 85.9 Å². The molecule has 9 atom stereocenters. The van der Waals surface area contributed by atoms with E-state index in [9.17, 15) is 9.90 Å². The van der Waals surface area contributed by atoms with Crippen molar-refractivity contribution in [1.82, 2.24) is 0 Å². The number of rotatable bonds is 3. The second kappa shape index (κ2) is 6.61. The van der Waals surface area contributed by atoms with Gasteiger partial charge in [-0.2, -0.15) is 0 Å². The van der Waals surface area contributed by atoms with Crippen LogP contribution in [-0.2, 0) is 4.79 Å². The number of fused-ring (bicyclic) bond motifs is 5. The molecule has 0 saturated heterocycles. The predicted octanol–water partition coefficient (Wildman–Crippen LogP) is 5.62. The molecule has 0 aromatic carbocycles. The highest BCUT2D eigenvalue weighted by Gasteiger charge is 2.63. The number of carbonyl (C=O) groups excluding carboxylic acids is 1. The van der Waals surface area contributed by atoms with Crippen molar-refractivity contribution >= 4 is 5.78 Å². The summed E-state index contributed by atoms with van der Waals surface area (Å²) in [7, 11) is 0. The Kier molecular flexibility index (Phi) is 4.82. The second-order valence-electron chi connectivity index (χ2n) is 10.9. The van der Waals surface area contributed by atoms with Crippen molar-refractivity contribution in [1.29, 1.82) is 0 Å². The highest BCUT2D eigenvalue weighted by atomic mass is 16.3. The maximum Gasteiger partial charge on any atom is 0.139 e. The fourth-order valence-corrected chi connectivity index (χ4v) is 8.54. The van der Waals surface area contributed by atoms with E-state index in [0.29, 0.717) is 40.8 Å². The minimum atomic E-state index is -0.0973. The smallest absolute Gasteiger partial charge is 0.139 e. The monoisotopic (exact) mass is 360 g/mol. The van der Waals surface area contributed by atoms with Gasteiger partial charge >= 0.3 is 0 Å². The number of hydrogen-bond acceptors (Lipinski definition) is 2. The Morgan fingerprint density at radius 3 is 2.62 bits per heavy atom. The average Bonchev–Trinajstić information content (AvgIpc) is 2.96. The average molecular weight is 361 g/mol. The Labute approximate surface area is 160 Å². The first kappa shape index (κ1) is 19.0. The third-order valence-electron chi connectivity index (χ3n) is 10.0. The summed E-state index contributed by atoms with van der Waals surface area (Å²) in [5.41, 5.74) is 0.249. The maximum atomic E-state index is 13.6. The van der Waals surface area contributed by atoms with E-state index in [4.69, 9.17) is 0 Å². The molecule has 148 valence electrons. The second-order valence-corrected chi connectivity index (χ2v) is 10.9. The van der Waals surface area contributed by atoms with Gasteiger partial charge in [-0.1, -0.05) is 40.5 Å². The molecule has 2 nitrogen and oxygen atoms in total. The van der Waals surface area contributed by atoms with Crippen LogP contribution in [0.15, 0.2) is 0 Å². The summed E-state index contributed by atoms with van der Waals surface area (Å²) in [6, 6.07) is 0. The predicted molar refractivity (Wildman–Crippen MR) is 106 cm³/mol. The van der Waals surface area contributed by atoms with Crippen LogP contribution in [0.4, 0.5) is 0 Å². The van der Waals surface area contributed by atoms with Crippen molar-refractivity contribution in [3.63, 3.8) is 0 Å². The lowest BCUT2D eigenvalue weighted by Crippen LogP contribution is -2.57. The van der Waals surface area contributed by atoms with Crippen molar-refractivity contribution in [2.75, 3.05) is 0 Å². The first-order valence-electron chi connectivity index (χ1n) is 11.5. The summed E-state index contributed by atoms with van der Waals surface area (Å²) in [5, 5.41) is 10.2. The Bertz CT molecular complexity index is 556. The van der Waals surface area contributed by atoms with Crippen LogP contribution in [0.1, 0.15) is 91.9 Å². The molecule has 0 aromatic heterocycles. The lowest BCUT2D eigenvalue weighted by atomic mass is 9.44. The van der Waals surface area contributed by atoms with E-state index in [2.05, 4.69) is 27.7 Å². The maximum absolute atomic E-state index is 13.6. The molecule has 4 aliphatic carbocycles. The van der Waals surface area contributed by atoms with Crippen LogP contribution < -0.4 is 0 Å². The lowest BCUT2D eigenvalue weighted by molar-refractivity contribution is -0.160. The van der Waals surface area contributed by atoms with E-state index < -0.39 is 0 Å². The quantitative estimate of drug-likeness (QED) is 0.709. The Balaban J connectivity index is 1.62. The minimum Gasteiger partial charge on any atom is -0.393 e. The fourth-order valence-electron chi connectivity index (χ4n) is 8.54. The van der Waals surface area contributed by atoms with Crippen molar-refractivity contribution in [2.24, 2.45) is 46.3 Å². The molecule has 2 heteroatoms. The zero-order valence-electron chi connectivity index (χ0n) is 17.5. The standard InChI is InChI=1S/C24H40O2/c1-5-6-15(2)19-9-10-20-18-8-7-16-13-17(25)11-12-23(16,3)21(18)14-22(26)24(19,20)4/h15-21,25H,5-14H2,1-4H3/t15-,16?,17?,18+,19-,20+,21+,23+,24-/m1/s1. The Morgan fingerprint density at radius 2 is 1.88 bits per heavy atom. The summed E-state index contributed by atoms with van der Waals surface area (Å²) >= 11 is 0. The van der Waals surface area contributed by atoms with Crippen molar-refractivity contribution in [2.45, 2.75) is 98.0 Å². The Hall–Kier alpha value is -0.370. The molecule has 0 aliphatic heterocycles. The molecular weight excluding hydrogens is 320 g/mol. The lowest BCUT2D eigenvalue weighted by Gasteiger charge is -2.60. The van der Waals surface area contributed by atoms with Gasteiger partial charge in [0.15, 0.2) is 0 Å². The number of ketones is 1. The summed E-state index contributed by atoms with van der Waals surface area (Å²) in [4.78, 5) is 13.6. The van der Waals surface area contributed by atoms with Crippen LogP contribution in [0.2, 0.25) is 0 Å². The summed E-state index contributed by atoms with van der Waals surface area (Å²) < 4.78 is 0. The van der Waals surface area contributed by atoms with Crippen molar-refractivity contribution in [3.8, 4) is 0 Å². The molecule has 1 N–H and O–H groups in total. The fraction of sp³-hybridized carbons (Fsp3) is 0.958. The number of aliphatic hydroxyl groups excluding tert-OH is 1. The first-order chi connectivity index (χ1) is 12.3. The van der Waals surface area contributed by atoms with Gasteiger partial charge in [0.1, 0.15) is 5.78 Å². The SMILES string of the molecule is CCC[C@@H](C)[C@H]1CC[C@H]2[C@@H]3CCC4CC(O)CC[C@]4(C)[C@H]3CC(=O)[C@]12C. The largest absolute Gasteiger partial charge is 0.393 e. The molecule has 4 saturated carbocycles. The summed E-state index contributed by atoms with van der Waals surface area (Å²) in [6.45, 7) is 9.52. The van der Waals surface area contributed by atoms with E-state index in [1.54, 1.807) is 0 Å². The molecule has 0 spiro atoms. The summed E-state index contributed by atoms with van der Waals surface area (Å²) in [5.74, 6) is 4.50. The highest BCUT2D eigenvalue weighted by molar-refractivity contribution is 5.87. The molecule has 4 rings (SSSR count). The minimum absolute atomic E-state index is 0.0485. The molecule has 4 aliphatic rings. The molecule has 26 heavy (non-hydrogen) atoms. The van der Waals surface area contributed by atoms with Gasteiger partial charge in [0.2, 0.25) is 0 Å². The van der Waals surface area contributed by atoms with Gasteiger partial charge in [0, 0.05) is 11.8 Å². The number of aliphatic hydroxyl groups is 1. The van der Waals surface area contributed by atoms with E-state index in [1.807, 2.05) is 0 Å². The molecule has 4 fully saturated rings. The van der Waals surface area contributed by atoms with Crippen LogP contribution >= 0.6 is 0 Å². The third-order valence-corrected chi connectivity index (χ3v) is 10.0. The highest BCUT2D eigenvalue weighted by Crippen LogP contribution is 2.67. The van der Waals surface area contributed by atoms with Gasteiger partial charge in [0.05, 0.1) is 6.10 Å². The van der Waals surface area contributed by atoms with Crippen LogP contribution in [0, 0.1) is 46.3 Å². The molecule has 0 radical (unpaired) electrons. The van der Waals surface area contributed by atoms with E-state index in [1.165, 1.54) is 38.5 Å². The number of carbonyl (C=O) groups is 1. The molecular formula is C24H40O2. The molecule has 0 bridgehead atoms. The van der Waals surface area contributed by atoms with Gasteiger partial charge in [0.25, 0.3) is 0 Å². The number of Topliss-reactive ketones (excluding diaryl/α,β-unsaturated/α-hetero) is 1. The molecule has 0 heterocycles. The summed E-state index contributed by atoms with van der Waals surface area (Å²) in [6.07, 6.45) is 11.4. The molecule has 0 aromatic rings. The van der Waals surface area contributed by atoms with E-state index >= 15 is 0 Å². The van der Waals surface area contributed by atoms with Crippen molar-refractivity contribution < 1.29 is 9.90 Å².